The van der Waals surface area contributed by atoms with E-state index in [0.717, 1.165) is 24.5 Å². The standard InChI is InChI=1S/C18H29N5O3/c1-18(2,3)21-15(24)13-22(4)17(25)20-12-14-6-5-7-19-16(14)23-8-10-26-11-9-23/h5-7H,8-13H2,1-4H3,(H,20,25)(H,21,24). The van der Waals surface area contributed by atoms with E-state index in [1.807, 2.05) is 32.9 Å². The summed E-state index contributed by atoms with van der Waals surface area (Å²) in [7, 11) is 1.60. The maximum Gasteiger partial charge on any atom is 0.317 e. The van der Waals surface area contributed by atoms with Crippen LogP contribution in [0.2, 0.25) is 0 Å². The Bertz CT molecular complexity index is 623. The quantitative estimate of drug-likeness (QED) is 0.814. The van der Waals surface area contributed by atoms with E-state index in [-0.39, 0.29) is 24.0 Å². The van der Waals surface area contributed by atoms with E-state index in [0.29, 0.717) is 19.8 Å². The number of aromatic nitrogens is 1. The zero-order valence-electron chi connectivity index (χ0n) is 16.0. The second-order valence-corrected chi connectivity index (χ2v) is 7.40. The van der Waals surface area contributed by atoms with Gasteiger partial charge in [-0.25, -0.2) is 9.78 Å². The molecule has 1 aromatic heterocycles. The molecule has 1 aliphatic heterocycles. The van der Waals surface area contributed by atoms with Gasteiger partial charge in [0.25, 0.3) is 0 Å². The molecule has 0 spiro atoms. The third-order valence-corrected chi connectivity index (χ3v) is 3.85. The minimum absolute atomic E-state index is 0.00641. The Morgan fingerprint density at radius 1 is 1.31 bits per heavy atom. The predicted octanol–water partition coefficient (Wildman–Crippen LogP) is 0.974. The number of ether oxygens (including phenoxy) is 1. The molecule has 2 heterocycles. The maximum atomic E-state index is 12.3. The Labute approximate surface area is 154 Å². The Morgan fingerprint density at radius 2 is 2.00 bits per heavy atom. The summed E-state index contributed by atoms with van der Waals surface area (Å²) in [5, 5.41) is 5.70. The van der Waals surface area contributed by atoms with Gasteiger partial charge in [-0.3, -0.25) is 4.79 Å². The van der Waals surface area contributed by atoms with Crippen LogP contribution in [0.25, 0.3) is 0 Å². The van der Waals surface area contributed by atoms with Crippen molar-refractivity contribution in [1.29, 1.82) is 0 Å². The molecule has 2 N–H and O–H groups in total. The Hall–Kier alpha value is -2.35. The normalized spacial score (nSPS) is 14.7. The van der Waals surface area contributed by atoms with Crippen LogP contribution in [0.5, 0.6) is 0 Å². The zero-order valence-corrected chi connectivity index (χ0v) is 16.0. The molecule has 2 rings (SSSR count). The number of carbonyl (C=O) groups is 2. The van der Waals surface area contributed by atoms with E-state index in [1.165, 1.54) is 4.90 Å². The molecule has 8 heteroatoms. The van der Waals surface area contributed by atoms with Crippen molar-refractivity contribution in [2.24, 2.45) is 0 Å². The summed E-state index contributed by atoms with van der Waals surface area (Å²) in [6.07, 6.45) is 1.75. The minimum Gasteiger partial charge on any atom is -0.378 e. The highest BCUT2D eigenvalue weighted by Crippen LogP contribution is 2.18. The smallest absolute Gasteiger partial charge is 0.317 e. The number of nitrogens with one attached hydrogen (secondary N) is 2. The van der Waals surface area contributed by atoms with Crippen LogP contribution in [-0.2, 0) is 16.1 Å². The number of pyridine rings is 1. The Balaban J connectivity index is 1.90. The molecule has 144 valence electrons. The molecule has 26 heavy (non-hydrogen) atoms. The molecule has 0 aromatic carbocycles. The van der Waals surface area contributed by atoms with Crippen molar-refractivity contribution in [2.75, 3.05) is 44.8 Å². The van der Waals surface area contributed by atoms with Crippen LogP contribution in [0.1, 0.15) is 26.3 Å². The first-order valence-electron chi connectivity index (χ1n) is 8.83. The number of urea groups is 1. The summed E-state index contributed by atoms with van der Waals surface area (Å²) in [5.74, 6) is 0.676. The molecule has 1 aliphatic rings. The lowest BCUT2D eigenvalue weighted by atomic mass is 10.1. The monoisotopic (exact) mass is 363 g/mol. The molecular weight excluding hydrogens is 334 g/mol. The summed E-state index contributed by atoms with van der Waals surface area (Å²) in [6, 6.07) is 3.50. The van der Waals surface area contributed by atoms with E-state index >= 15 is 0 Å². The fraction of sp³-hybridized carbons (Fsp3) is 0.611. The van der Waals surface area contributed by atoms with Gasteiger partial charge < -0.3 is 25.2 Å². The summed E-state index contributed by atoms with van der Waals surface area (Å²) < 4.78 is 5.38. The van der Waals surface area contributed by atoms with Crippen molar-refractivity contribution in [3.8, 4) is 0 Å². The van der Waals surface area contributed by atoms with E-state index in [1.54, 1.807) is 13.2 Å². The topological polar surface area (TPSA) is 86.8 Å². The molecule has 3 amide bonds. The molecule has 0 atom stereocenters. The number of carbonyl (C=O) groups excluding carboxylic acids is 2. The second-order valence-electron chi connectivity index (χ2n) is 7.40. The van der Waals surface area contributed by atoms with Gasteiger partial charge >= 0.3 is 6.03 Å². The summed E-state index contributed by atoms with van der Waals surface area (Å²) in [6.45, 7) is 8.98. The SMILES string of the molecule is CN(CC(=O)NC(C)(C)C)C(=O)NCc1cccnc1N1CCOCC1. The lowest BCUT2D eigenvalue weighted by Crippen LogP contribution is -2.48. The van der Waals surface area contributed by atoms with Crippen LogP contribution < -0.4 is 15.5 Å². The molecule has 1 aromatic rings. The van der Waals surface area contributed by atoms with Crippen molar-refractivity contribution in [3.05, 3.63) is 23.9 Å². The van der Waals surface area contributed by atoms with Gasteiger partial charge in [-0.15, -0.1) is 0 Å². The van der Waals surface area contributed by atoms with Crippen molar-refractivity contribution < 1.29 is 14.3 Å². The van der Waals surface area contributed by atoms with Gasteiger partial charge in [0.15, 0.2) is 0 Å². The average Bonchev–Trinajstić information content (AvgIpc) is 2.59. The Morgan fingerprint density at radius 3 is 2.65 bits per heavy atom. The van der Waals surface area contributed by atoms with Gasteiger partial charge in [-0.2, -0.15) is 0 Å². The molecule has 8 nitrogen and oxygen atoms in total. The van der Waals surface area contributed by atoms with Gasteiger partial charge in [-0.05, 0) is 26.8 Å². The predicted molar refractivity (Wildman–Crippen MR) is 100 cm³/mol. The second kappa shape index (κ2) is 8.84. The van der Waals surface area contributed by atoms with Gasteiger partial charge in [-0.1, -0.05) is 6.07 Å². The first-order valence-corrected chi connectivity index (χ1v) is 8.83. The highest BCUT2D eigenvalue weighted by Gasteiger charge is 2.19. The number of likely N-dealkylation sites (N-methyl/N-ethyl adjacent to an activating group) is 1. The van der Waals surface area contributed by atoms with E-state index < -0.39 is 0 Å². The van der Waals surface area contributed by atoms with Crippen molar-refractivity contribution in [1.82, 2.24) is 20.5 Å². The van der Waals surface area contributed by atoms with Crippen molar-refractivity contribution >= 4 is 17.8 Å². The highest BCUT2D eigenvalue weighted by molar-refractivity contribution is 5.84. The van der Waals surface area contributed by atoms with Gasteiger partial charge in [0, 0.05) is 44.0 Å². The first kappa shape index (κ1) is 20.0. The summed E-state index contributed by atoms with van der Waals surface area (Å²) >= 11 is 0. The van der Waals surface area contributed by atoms with E-state index in [9.17, 15) is 9.59 Å². The van der Waals surface area contributed by atoms with Crippen LogP contribution in [-0.4, -0.2) is 67.3 Å². The van der Waals surface area contributed by atoms with Crippen LogP contribution in [0, 0.1) is 0 Å². The number of hydrogen-bond donors (Lipinski definition) is 2. The minimum atomic E-state index is -0.322. The van der Waals surface area contributed by atoms with Crippen LogP contribution in [0.4, 0.5) is 10.6 Å². The van der Waals surface area contributed by atoms with Gasteiger partial charge in [0.1, 0.15) is 12.4 Å². The molecule has 1 saturated heterocycles. The average molecular weight is 363 g/mol. The third kappa shape index (κ3) is 6.18. The summed E-state index contributed by atoms with van der Waals surface area (Å²) in [4.78, 5) is 32.2. The fourth-order valence-corrected chi connectivity index (χ4v) is 2.68. The molecule has 0 bridgehead atoms. The molecule has 0 unspecified atom stereocenters. The van der Waals surface area contributed by atoms with E-state index in [2.05, 4.69) is 20.5 Å². The molecule has 1 fully saturated rings. The first-order chi connectivity index (χ1) is 12.3. The zero-order chi connectivity index (χ0) is 19.2. The van der Waals surface area contributed by atoms with Crippen LogP contribution >= 0.6 is 0 Å². The van der Waals surface area contributed by atoms with Gasteiger partial charge in [0.05, 0.1) is 13.2 Å². The number of nitrogens with zero attached hydrogens (tertiary/aromatic N) is 3. The number of amides is 3. The lowest BCUT2D eigenvalue weighted by molar-refractivity contribution is -0.122. The molecule has 0 saturated carbocycles. The van der Waals surface area contributed by atoms with Gasteiger partial charge in [0.2, 0.25) is 5.91 Å². The highest BCUT2D eigenvalue weighted by atomic mass is 16.5. The van der Waals surface area contributed by atoms with Crippen molar-refractivity contribution in [3.63, 3.8) is 0 Å². The third-order valence-electron chi connectivity index (χ3n) is 3.85. The number of hydrogen-bond acceptors (Lipinski definition) is 5. The maximum absolute atomic E-state index is 12.3. The fourth-order valence-electron chi connectivity index (χ4n) is 2.68. The molecular formula is C18H29N5O3. The number of anilines is 1. The number of morpholine rings is 1. The lowest BCUT2D eigenvalue weighted by Gasteiger charge is -2.29. The molecule has 0 aliphatic carbocycles. The van der Waals surface area contributed by atoms with Crippen LogP contribution in [0.15, 0.2) is 18.3 Å². The van der Waals surface area contributed by atoms with Crippen molar-refractivity contribution in [2.45, 2.75) is 32.9 Å². The number of rotatable bonds is 5. The van der Waals surface area contributed by atoms with E-state index in [4.69, 9.17) is 4.74 Å². The van der Waals surface area contributed by atoms with Crippen LogP contribution in [0.3, 0.4) is 0 Å². The summed E-state index contributed by atoms with van der Waals surface area (Å²) in [5.41, 5.74) is 0.618. The largest absolute Gasteiger partial charge is 0.378 e. The Kier molecular flexibility index (Phi) is 6.79. The molecule has 0 radical (unpaired) electrons.